The van der Waals surface area contributed by atoms with Crippen LogP contribution in [0.5, 0.6) is 0 Å². The Hall–Kier alpha value is -2.21. The summed E-state index contributed by atoms with van der Waals surface area (Å²) in [5, 5.41) is 9.79. The molecule has 2 amide bonds. The van der Waals surface area contributed by atoms with Gasteiger partial charge in [-0.05, 0) is 25.5 Å². The maximum absolute atomic E-state index is 12.1. The van der Waals surface area contributed by atoms with Crippen molar-refractivity contribution in [1.29, 1.82) is 0 Å². The Morgan fingerprint density at radius 1 is 1.23 bits per heavy atom. The molecular weight excluding hydrogens is 286 g/mol. The average Bonchev–Trinajstić information content (AvgIpc) is 2.76. The minimum Gasteiger partial charge on any atom is -0.461 e. The summed E-state index contributed by atoms with van der Waals surface area (Å²) in [5.41, 5.74) is 0.702. The van der Waals surface area contributed by atoms with Crippen molar-refractivity contribution in [3.63, 3.8) is 0 Å². The van der Waals surface area contributed by atoms with Crippen LogP contribution < -0.4 is 0 Å². The lowest BCUT2D eigenvalue weighted by Crippen LogP contribution is -2.35. The van der Waals surface area contributed by atoms with E-state index in [4.69, 9.17) is 4.74 Å². The highest BCUT2D eigenvalue weighted by atomic mass is 16.6. The van der Waals surface area contributed by atoms with E-state index in [9.17, 15) is 19.5 Å². The second kappa shape index (κ2) is 6.70. The van der Waals surface area contributed by atoms with Crippen LogP contribution in [0, 0.1) is 0 Å². The predicted octanol–water partition coefficient (Wildman–Crippen LogP) is 1.38. The topological polar surface area (TPSA) is 83.9 Å². The summed E-state index contributed by atoms with van der Waals surface area (Å²) in [6.45, 7) is 3.57. The summed E-state index contributed by atoms with van der Waals surface area (Å²) < 4.78 is 5.01. The highest BCUT2D eigenvalue weighted by Gasteiger charge is 2.35. The number of rotatable bonds is 6. The fourth-order valence-electron chi connectivity index (χ4n) is 2.17. The Morgan fingerprint density at radius 3 is 2.27 bits per heavy atom. The largest absolute Gasteiger partial charge is 0.461 e. The molecule has 1 heterocycles. The van der Waals surface area contributed by atoms with E-state index in [-0.39, 0.29) is 19.1 Å². The number of imide groups is 1. The molecule has 6 heteroatoms. The number of aliphatic hydroxyl groups is 1. The van der Waals surface area contributed by atoms with Crippen LogP contribution in [-0.4, -0.2) is 46.5 Å². The molecule has 1 N–H and O–H groups in total. The van der Waals surface area contributed by atoms with Gasteiger partial charge >= 0.3 is 5.97 Å². The smallest absolute Gasteiger partial charge is 0.335 e. The van der Waals surface area contributed by atoms with E-state index in [0.29, 0.717) is 17.5 Å². The molecule has 0 spiro atoms. The second-order valence-electron chi connectivity index (χ2n) is 5.27. The van der Waals surface area contributed by atoms with E-state index >= 15 is 0 Å². The number of amides is 2. The molecule has 0 aliphatic carbocycles. The third-order valence-electron chi connectivity index (χ3n) is 3.67. The number of carbonyl (C=O) groups is 3. The maximum Gasteiger partial charge on any atom is 0.335 e. The van der Waals surface area contributed by atoms with Crippen molar-refractivity contribution < 1.29 is 24.2 Å². The molecule has 0 bridgehead atoms. The first-order valence-corrected chi connectivity index (χ1v) is 7.29. The lowest BCUT2D eigenvalue weighted by Gasteiger charge is -2.18. The molecule has 6 nitrogen and oxygen atoms in total. The summed E-state index contributed by atoms with van der Waals surface area (Å²) in [6, 6.07) is 6.55. The van der Waals surface area contributed by atoms with E-state index in [1.165, 1.54) is 0 Å². The molecule has 0 saturated carbocycles. The summed E-state index contributed by atoms with van der Waals surface area (Å²) in [7, 11) is 0. The third kappa shape index (κ3) is 3.17. The van der Waals surface area contributed by atoms with Gasteiger partial charge in [0.25, 0.3) is 11.8 Å². The number of carbonyl (C=O) groups excluding carboxylic acids is 3. The van der Waals surface area contributed by atoms with Crippen LogP contribution in [0.15, 0.2) is 24.3 Å². The number of hydrogen-bond donors (Lipinski definition) is 1. The Kier molecular flexibility index (Phi) is 4.92. The molecular formula is C16H19NO5. The van der Waals surface area contributed by atoms with Gasteiger partial charge < -0.3 is 9.84 Å². The molecule has 1 aliphatic rings. The number of aliphatic hydroxyl groups excluding tert-OH is 1. The van der Waals surface area contributed by atoms with Crippen molar-refractivity contribution >= 4 is 17.8 Å². The van der Waals surface area contributed by atoms with E-state index in [2.05, 4.69) is 0 Å². The minimum atomic E-state index is -1.35. The molecule has 0 fully saturated rings. The fourth-order valence-corrected chi connectivity index (χ4v) is 2.17. The van der Waals surface area contributed by atoms with E-state index in [1.807, 2.05) is 6.92 Å². The zero-order chi connectivity index (χ0) is 16.3. The zero-order valence-corrected chi connectivity index (χ0v) is 12.6. The molecule has 1 aliphatic heterocycles. The van der Waals surface area contributed by atoms with Gasteiger partial charge in [0.15, 0.2) is 6.10 Å². The molecule has 0 radical (unpaired) electrons. The highest BCUT2D eigenvalue weighted by Crippen LogP contribution is 2.22. The van der Waals surface area contributed by atoms with Gasteiger partial charge in [0, 0.05) is 13.0 Å². The van der Waals surface area contributed by atoms with Crippen LogP contribution in [0.1, 0.15) is 47.4 Å². The highest BCUT2D eigenvalue weighted by molar-refractivity contribution is 6.21. The number of ether oxygens (including phenoxy) is 1. The number of nitrogens with zero attached hydrogens (tertiary/aromatic N) is 1. The summed E-state index contributed by atoms with van der Waals surface area (Å²) in [4.78, 5) is 36.9. The van der Waals surface area contributed by atoms with Gasteiger partial charge in [0.05, 0.1) is 17.2 Å². The monoisotopic (exact) mass is 305 g/mol. The molecule has 2 rings (SSSR count). The van der Waals surface area contributed by atoms with E-state index in [1.54, 1.807) is 31.2 Å². The van der Waals surface area contributed by atoms with Crippen LogP contribution in [0.4, 0.5) is 0 Å². The first-order chi connectivity index (χ1) is 10.5. The molecule has 2 unspecified atom stereocenters. The number of fused-ring (bicyclic) bond motifs is 1. The predicted molar refractivity (Wildman–Crippen MR) is 78.3 cm³/mol. The maximum atomic E-state index is 12.1. The van der Waals surface area contributed by atoms with Crippen molar-refractivity contribution in [3.8, 4) is 0 Å². The van der Waals surface area contributed by atoms with Crippen LogP contribution in [-0.2, 0) is 9.53 Å². The Morgan fingerprint density at radius 2 is 1.77 bits per heavy atom. The number of hydrogen-bond acceptors (Lipinski definition) is 5. The average molecular weight is 305 g/mol. The minimum absolute atomic E-state index is 0.0247. The van der Waals surface area contributed by atoms with Crippen LogP contribution in [0.25, 0.3) is 0 Å². The van der Waals surface area contributed by atoms with Gasteiger partial charge in [-0.15, -0.1) is 0 Å². The number of benzene rings is 1. The van der Waals surface area contributed by atoms with Gasteiger partial charge in [0.2, 0.25) is 0 Å². The second-order valence-corrected chi connectivity index (χ2v) is 5.27. The zero-order valence-electron chi connectivity index (χ0n) is 12.6. The molecule has 1 aromatic carbocycles. The van der Waals surface area contributed by atoms with Gasteiger partial charge in [0.1, 0.15) is 0 Å². The Bertz CT molecular complexity index is 563. The van der Waals surface area contributed by atoms with E-state index < -0.39 is 23.9 Å². The van der Waals surface area contributed by atoms with Crippen molar-refractivity contribution in [2.24, 2.45) is 0 Å². The third-order valence-corrected chi connectivity index (χ3v) is 3.67. The Balaban J connectivity index is 1.94. The summed E-state index contributed by atoms with van der Waals surface area (Å²) >= 11 is 0. The van der Waals surface area contributed by atoms with Gasteiger partial charge in [-0.1, -0.05) is 19.1 Å². The molecule has 118 valence electrons. The summed E-state index contributed by atoms with van der Waals surface area (Å²) in [6.07, 6.45) is -1.02. The summed E-state index contributed by atoms with van der Waals surface area (Å²) in [5.74, 6) is -1.53. The Labute approximate surface area is 128 Å². The SMILES string of the molecule is CCC(C)OC(=O)C(O)CCN1C(=O)c2ccccc2C1=O. The van der Waals surface area contributed by atoms with Crippen LogP contribution in [0.3, 0.4) is 0 Å². The van der Waals surface area contributed by atoms with Gasteiger partial charge in [-0.25, -0.2) is 4.79 Å². The van der Waals surface area contributed by atoms with Gasteiger partial charge in [-0.3, -0.25) is 14.5 Å². The standard InChI is InChI=1S/C16H19NO5/c1-3-10(2)22-16(21)13(18)8-9-17-14(19)11-6-4-5-7-12(11)15(17)20/h4-7,10,13,18H,3,8-9H2,1-2H3. The fraction of sp³-hybridized carbons (Fsp3) is 0.438. The first-order valence-electron chi connectivity index (χ1n) is 7.29. The normalized spacial score (nSPS) is 16.4. The molecule has 2 atom stereocenters. The first kappa shape index (κ1) is 16.2. The van der Waals surface area contributed by atoms with Crippen molar-refractivity contribution in [3.05, 3.63) is 35.4 Å². The van der Waals surface area contributed by atoms with Gasteiger partial charge in [-0.2, -0.15) is 0 Å². The van der Waals surface area contributed by atoms with Crippen molar-refractivity contribution in [2.45, 2.75) is 38.9 Å². The van der Waals surface area contributed by atoms with E-state index in [0.717, 1.165) is 4.90 Å². The molecule has 0 aromatic heterocycles. The lowest BCUT2D eigenvalue weighted by atomic mass is 10.1. The van der Waals surface area contributed by atoms with Crippen LogP contribution >= 0.6 is 0 Å². The van der Waals surface area contributed by atoms with Crippen molar-refractivity contribution in [1.82, 2.24) is 4.90 Å². The molecule has 1 aromatic rings. The lowest BCUT2D eigenvalue weighted by molar-refractivity contribution is -0.158. The van der Waals surface area contributed by atoms with Crippen LogP contribution in [0.2, 0.25) is 0 Å². The quantitative estimate of drug-likeness (QED) is 0.634. The molecule has 0 saturated heterocycles. The molecule has 22 heavy (non-hydrogen) atoms. The number of esters is 1. The van der Waals surface area contributed by atoms with Crippen molar-refractivity contribution in [2.75, 3.05) is 6.54 Å².